The molecule has 0 spiro atoms. The number of rotatable bonds is 5. The van der Waals surface area contributed by atoms with E-state index in [1.54, 1.807) is 53.6 Å². The van der Waals surface area contributed by atoms with Crippen LogP contribution in [0.4, 0.5) is 17.3 Å². The molecule has 2 aromatic heterocycles. The first kappa shape index (κ1) is 22.0. The third kappa shape index (κ3) is 5.16. The topological polar surface area (TPSA) is 96.5 Å². The predicted octanol–water partition coefficient (Wildman–Crippen LogP) is 4.25. The second kappa shape index (κ2) is 9.95. The first-order valence-electron chi connectivity index (χ1n) is 9.83. The van der Waals surface area contributed by atoms with Gasteiger partial charge in [0.15, 0.2) is 0 Å². The van der Waals surface area contributed by atoms with Crippen LogP contribution in [-0.2, 0) is 4.74 Å². The summed E-state index contributed by atoms with van der Waals surface area (Å²) in [5.41, 5.74) is 1.20. The summed E-state index contributed by atoms with van der Waals surface area (Å²) in [5, 5.41) is 6.34. The molecule has 1 saturated heterocycles. The average molecular weight is 472 g/mol. The van der Waals surface area contributed by atoms with E-state index in [1.165, 1.54) is 6.20 Å². The zero-order valence-corrected chi connectivity index (χ0v) is 18.4. The lowest BCUT2D eigenvalue weighted by Crippen LogP contribution is -2.40. The van der Waals surface area contributed by atoms with Crippen LogP contribution in [0.3, 0.4) is 0 Å². The van der Waals surface area contributed by atoms with Gasteiger partial charge in [0.2, 0.25) is 0 Å². The van der Waals surface area contributed by atoms with Gasteiger partial charge in [0.25, 0.3) is 11.8 Å². The van der Waals surface area contributed by atoms with Gasteiger partial charge in [-0.05, 0) is 30.3 Å². The summed E-state index contributed by atoms with van der Waals surface area (Å²) in [6, 6.07) is 11.6. The van der Waals surface area contributed by atoms with Crippen molar-refractivity contribution in [1.82, 2.24) is 14.9 Å². The van der Waals surface area contributed by atoms with Gasteiger partial charge in [-0.2, -0.15) is 0 Å². The number of benzene rings is 1. The van der Waals surface area contributed by atoms with Crippen LogP contribution >= 0.6 is 23.2 Å². The van der Waals surface area contributed by atoms with Crippen molar-refractivity contribution in [2.45, 2.75) is 0 Å². The van der Waals surface area contributed by atoms with Crippen LogP contribution in [0.1, 0.15) is 20.7 Å². The van der Waals surface area contributed by atoms with Crippen LogP contribution in [0.25, 0.3) is 0 Å². The monoisotopic (exact) mass is 471 g/mol. The lowest BCUT2D eigenvalue weighted by atomic mass is 10.2. The van der Waals surface area contributed by atoms with E-state index in [-0.39, 0.29) is 21.5 Å². The number of ether oxygens (including phenoxy) is 1. The molecule has 2 amide bonds. The van der Waals surface area contributed by atoms with Crippen LogP contribution in [-0.4, -0.2) is 53.0 Å². The van der Waals surface area contributed by atoms with Gasteiger partial charge in [0.05, 0.1) is 34.4 Å². The van der Waals surface area contributed by atoms with E-state index in [0.29, 0.717) is 49.2 Å². The number of carbonyl (C=O) groups excluding carboxylic acids is 2. The van der Waals surface area contributed by atoms with Gasteiger partial charge >= 0.3 is 0 Å². The van der Waals surface area contributed by atoms with Crippen LogP contribution in [0, 0.1) is 0 Å². The second-order valence-corrected chi connectivity index (χ2v) is 7.76. The van der Waals surface area contributed by atoms with Crippen molar-refractivity contribution >= 4 is 52.3 Å². The first-order chi connectivity index (χ1) is 15.5. The molecule has 0 aliphatic carbocycles. The Kier molecular flexibility index (Phi) is 6.84. The fraction of sp³-hybridized carbons (Fsp3) is 0.182. The summed E-state index contributed by atoms with van der Waals surface area (Å²) in [6.07, 6.45) is 3.06. The van der Waals surface area contributed by atoms with Gasteiger partial charge in [0.1, 0.15) is 11.6 Å². The molecule has 8 nitrogen and oxygen atoms in total. The van der Waals surface area contributed by atoms with Crippen molar-refractivity contribution in [2.24, 2.45) is 0 Å². The molecular formula is C22H19Cl2N5O3. The highest BCUT2D eigenvalue weighted by Crippen LogP contribution is 2.26. The molecule has 0 radical (unpaired) electrons. The molecule has 32 heavy (non-hydrogen) atoms. The molecule has 3 heterocycles. The Morgan fingerprint density at radius 1 is 0.969 bits per heavy atom. The van der Waals surface area contributed by atoms with Crippen LogP contribution < -0.4 is 10.6 Å². The molecule has 0 atom stereocenters. The average Bonchev–Trinajstić information content (AvgIpc) is 2.80. The van der Waals surface area contributed by atoms with Gasteiger partial charge < -0.3 is 20.3 Å². The number of halogens is 2. The maximum atomic E-state index is 12.6. The molecule has 164 valence electrons. The fourth-order valence-electron chi connectivity index (χ4n) is 3.16. The molecule has 4 rings (SSSR count). The Balaban J connectivity index is 1.42. The van der Waals surface area contributed by atoms with Gasteiger partial charge in [-0.25, -0.2) is 9.97 Å². The highest BCUT2D eigenvalue weighted by molar-refractivity contribution is 6.40. The normalized spacial score (nSPS) is 13.5. The SMILES string of the molecule is O=C(Nc1ccnc(Nc2ccc(C(=O)N3CCOCC3)cn2)c1)c1c(Cl)cccc1Cl. The summed E-state index contributed by atoms with van der Waals surface area (Å²) in [7, 11) is 0. The molecule has 0 unspecified atom stereocenters. The summed E-state index contributed by atoms with van der Waals surface area (Å²) in [4.78, 5) is 35.4. The van der Waals surface area contributed by atoms with Crippen molar-refractivity contribution in [3.63, 3.8) is 0 Å². The number of amides is 2. The third-order valence-corrected chi connectivity index (χ3v) is 5.40. The van der Waals surface area contributed by atoms with Gasteiger partial charge in [-0.3, -0.25) is 9.59 Å². The Morgan fingerprint density at radius 2 is 1.72 bits per heavy atom. The zero-order chi connectivity index (χ0) is 22.5. The predicted molar refractivity (Wildman–Crippen MR) is 123 cm³/mol. The van der Waals surface area contributed by atoms with Crippen molar-refractivity contribution in [2.75, 3.05) is 36.9 Å². The molecule has 1 aliphatic heterocycles. The Hall–Kier alpha value is -3.20. The van der Waals surface area contributed by atoms with Crippen molar-refractivity contribution in [3.8, 4) is 0 Å². The zero-order valence-electron chi connectivity index (χ0n) is 16.8. The Bertz CT molecular complexity index is 1110. The molecule has 1 aromatic carbocycles. The number of hydrogen-bond donors (Lipinski definition) is 2. The lowest BCUT2D eigenvalue weighted by Gasteiger charge is -2.26. The van der Waals surface area contributed by atoms with Gasteiger partial charge in [0, 0.05) is 37.2 Å². The highest BCUT2D eigenvalue weighted by atomic mass is 35.5. The second-order valence-electron chi connectivity index (χ2n) is 6.94. The smallest absolute Gasteiger partial charge is 0.258 e. The summed E-state index contributed by atoms with van der Waals surface area (Å²) >= 11 is 12.2. The number of carbonyl (C=O) groups is 2. The highest BCUT2D eigenvalue weighted by Gasteiger charge is 2.19. The molecule has 1 aliphatic rings. The molecular weight excluding hydrogens is 453 g/mol. The molecule has 3 aromatic rings. The van der Waals surface area contributed by atoms with Crippen LogP contribution in [0.15, 0.2) is 54.9 Å². The van der Waals surface area contributed by atoms with Crippen molar-refractivity contribution in [1.29, 1.82) is 0 Å². The summed E-state index contributed by atoms with van der Waals surface area (Å²) < 4.78 is 5.28. The Morgan fingerprint density at radius 3 is 2.41 bits per heavy atom. The van der Waals surface area contributed by atoms with Gasteiger partial charge in [-0.15, -0.1) is 0 Å². The Labute approximate surface area is 194 Å². The third-order valence-electron chi connectivity index (χ3n) is 4.77. The molecule has 0 saturated carbocycles. The number of pyridine rings is 2. The van der Waals surface area contributed by atoms with Crippen LogP contribution in [0.2, 0.25) is 10.0 Å². The molecule has 1 fully saturated rings. The number of hydrogen-bond acceptors (Lipinski definition) is 6. The van der Waals surface area contributed by atoms with E-state index in [4.69, 9.17) is 27.9 Å². The lowest BCUT2D eigenvalue weighted by molar-refractivity contribution is 0.0302. The van der Waals surface area contributed by atoms with Crippen molar-refractivity contribution < 1.29 is 14.3 Å². The number of aromatic nitrogens is 2. The van der Waals surface area contributed by atoms with E-state index >= 15 is 0 Å². The number of morpholine rings is 1. The fourth-order valence-corrected chi connectivity index (χ4v) is 3.73. The minimum absolute atomic E-state index is 0.0755. The van der Waals surface area contributed by atoms with Crippen molar-refractivity contribution in [3.05, 3.63) is 76.0 Å². The minimum Gasteiger partial charge on any atom is -0.378 e. The molecule has 2 N–H and O–H groups in total. The quantitative estimate of drug-likeness (QED) is 0.577. The maximum Gasteiger partial charge on any atom is 0.258 e. The largest absolute Gasteiger partial charge is 0.378 e. The van der Waals surface area contributed by atoms with E-state index in [1.807, 2.05) is 0 Å². The first-order valence-corrected chi connectivity index (χ1v) is 10.6. The van der Waals surface area contributed by atoms with E-state index < -0.39 is 5.91 Å². The summed E-state index contributed by atoms with van der Waals surface area (Å²) in [6.45, 7) is 2.22. The number of nitrogens with zero attached hydrogens (tertiary/aromatic N) is 3. The minimum atomic E-state index is -0.429. The standard InChI is InChI=1S/C22H19Cl2N5O3/c23-16-2-1-3-17(24)20(16)21(30)27-15-6-7-25-19(12-15)28-18-5-4-14(13-26-18)22(31)29-8-10-32-11-9-29/h1-7,12-13H,8-11H2,(H2,25,26,27,28,30). The van der Waals surface area contributed by atoms with E-state index in [2.05, 4.69) is 20.6 Å². The van der Waals surface area contributed by atoms with E-state index in [0.717, 1.165) is 0 Å². The molecule has 0 bridgehead atoms. The number of anilines is 3. The van der Waals surface area contributed by atoms with E-state index in [9.17, 15) is 9.59 Å². The van der Waals surface area contributed by atoms with Crippen LogP contribution in [0.5, 0.6) is 0 Å². The summed E-state index contributed by atoms with van der Waals surface area (Å²) in [5.74, 6) is 0.469. The maximum absolute atomic E-state index is 12.6. The molecule has 10 heteroatoms. The number of nitrogens with one attached hydrogen (secondary N) is 2. The van der Waals surface area contributed by atoms with Gasteiger partial charge in [-0.1, -0.05) is 29.3 Å².